The SMILES string of the molecule is CCNC(=NCCc1nnc2n1CCCCC2)NC1CCN(C(=O)OCC)CC1. The van der Waals surface area contributed by atoms with E-state index in [-0.39, 0.29) is 6.09 Å². The normalized spacial score (nSPS) is 18.1. The number of amides is 1. The molecular weight excluding hydrogens is 370 g/mol. The number of carbonyl (C=O) groups is 1. The van der Waals surface area contributed by atoms with Crippen LogP contribution in [0.1, 0.15) is 57.6 Å². The maximum absolute atomic E-state index is 11.8. The molecule has 0 aliphatic carbocycles. The highest BCUT2D eigenvalue weighted by atomic mass is 16.6. The minimum absolute atomic E-state index is 0.209. The number of hydrogen-bond acceptors (Lipinski definition) is 5. The number of hydrogen-bond donors (Lipinski definition) is 2. The summed E-state index contributed by atoms with van der Waals surface area (Å²) < 4.78 is 7.38. The van der Waals surface area contributed by atoms with Crippen LogP contribution in [-0.2, 0) is 24.1 Å². The first-order valence-electron chi connectivity index (χ1n) is 11.1. The highest BCUT2D eigenvalue weighted by Crippen LogP contribution is 2.15. The van der Waals surface area contributed by atoms with E-state index in [0.717, 1.165) is 56.4 Å². The van der Waals surface area contributed by atoms with Gasteiger partial charge in [0.2, 0.25) is 0 Å². The average Bonchev–Trinajstić information content (AvgIpc) is 2.95. The van der Waals surface area contributed by atoms with E-state index in [4.69, 9.17) is 9.73 Å². The van der Waals surface area contributed by atoms with Gasteiger partial charge in [0, 0.05) is 51.6 Å². The molecule has 2 N–H and O–H groups in total. The molecule has 1 saturated heterocycles. The molecule has 2 aliphatic rings. The molecule has 9 nitrogen and oxygen atoms in total. The molecule has 0 spiro atoms. The topological polar surface area (TPSA) is 96.7 Å². The predicted molar refractivity (Wildman–Crippen MR) is 112 cm³/mol. The summed E-state index contributed by atoms with van der Waals surface area (Å²) in [6.07, 6.45) is 7.08. The zero-order valence-corrected chi connectivity index (χ0v) is 17.8. The number of aromatic nitrogens is 3. The third-order valence-electron chi connectivity index (χ3n) is 5.50. The molecule has 29 heavy (non-hydrogen) atoms. The molecule has 0 radical (unpaired) electrons. The Balaban J connectivity index is 1.49. The minimum Gasteiger partial charge on any atom is -0.450 e. The molecule has 1 amide bonds. The Morgan fingerprint density at radius 1 is 1.17 bits per heavy atom. The number of nitrogens with one attached hydrogen (secondary N) is 2. The number of fused-ring (bicyclic) bond motifs is 1. The molecule has 2 aliphatic heterocycles. The van der Waals surface area contributed by atoms with Gasteiger partial charge in [-0.15, -0.1) is 10.2 Å². The van der Waals surface area contributed by atoms with Crippen molar-refractivity contribution in [3.8, 4) is 0 Å². The lowest BCUT2D eigenvalue weighted by Gasteiger charge is -2.32. The zero-order valence-electron chi connectivity index (χ0n) is 17.8. The van der Waals surface area contributed by atoms with Crippen LogP contribution in [0.3, 0.4) is 0 Å². The third kappa shape index (κ3) is 6.08. The van der Waals surface area contributed by atoms with Gasteiger partial charge in [-0.25, -0.2) is 4.79 Å². The standard InChI is InChI=1S/C20H35N7O2/c1-3-21-19(23-16-10-14-26(15-11-16)20(28)29-4-2)22-12-9-18-25-24-17-8-6-5-7-13-27(17)18/h16H,3-15H2,1-2H3,(H2,21,22,23). The number of aryl methyl sites for hydroxylation is 1. The number of nitrogens with zero attached hydrogens (tertiary/aromatic N) is 5. The summed E-state index contributed by atoms with van der Waals surface area (Å²) in [4.78, 5) is 18.4. The number of rotatable bonds is 6. The van der Waals surface area contributed by atoms with Gasteiger partial charge in [-0.05, 0) is 39.5 Å². The van der Waals surface area contributed by atoms with Crippen LogP contribution in [0.5, 0.6) is 0 Å². The summed E-state index contributed by atoms with van der Waals surface area (Å²) in [5, 5.41) is 15.6. The van der Waals surface area contributed by atoms with E-state index in [9.17, 15) is 4.79 Å². The molecule has 3 rings (SSSR count). The van der Waals surface area contributed by atoms with Gasteiger partial charge in [-0.3, -0.25) is 4.99 Å². The van der Waals surface area contributed by atoms with E-state index in [2.05, 4.69) is 32.3 Å². The predicted octanol–water partition coefficient (Wildman–Crippen LogP) is 1.72. The van der Waals surface area contributed by atoms with Crippen molar-refractivity contribution in [2.75, 3.05) is 32.8 Å². The highest BCUT2D eigenvalue weighted by molar-refractivity contribution is 5.80. The fourth-order valence-electron chi connectivity index (χ4n) is 3.93. The lowest BCUT2D eigenvalue weighted by atomic mass is 10.1. The molecule has 9 heteroatoms. The van der Waals surface area contributed by atoms with Crippen LogP contribution in [0.4, 0.5) is 4.79 Å². The molecule has 1 aromatic rings. The first kappa shape index (κ1) is 21.4. The van der Waals surface area contributed by atoms with Gasteiger partial charge in [0.05, 0.1) is 6.61 Å². The number of piperidine rings is 1. The third-order valence-corrected chi connectivity index (χ3v) is 5.50. The van der Waals surface area contributed by atoms with Crippen molar-refractivity contribution in [1.82, 2.24) is 30.3 Å². The summed E-state index contributed by atoms with van der Waals surface area (Å²) >= 11 is 0. The number of carbonyl (C=O) groups excluding carboxylic acids is 1. The Labute approximate surface area is 173 Å². The van der Waals surface area contributed by atoms with Gasteiger partial charge < -0.3 is 24.8 Å². The molecular formula is C20H35N7O2. The van der Waals surface area contributed by atoms with Crippen LogP contribution in [-0.4, -0.2) is 70.5 Å². The van der Waals surface area contributed by atoms with Crippen LogP contribution in [0, 0.1) is 0 Å². The number of likely N-dealkylation sites (tertiary alicyclic amines) is 1. The molecule has 0 saturated carbocycles. The smallest absolute Gasteiger partial charge is 0.409 e. The van der Waals surface area contributed by atoms with Crippen molar-refractivity contribution >= 4 is 12.1 Å². The van der Waals surface area contributed by atoms with Gasteiger partial charge in [-0.2, -0.15) is 0 Å². The molecule has 1 fully saturated rings. The molecule has 0 aromatic carbocycles. The van der Waals surface area contributed by atoms with E-state index >= 15 is 0 Å². The van der Waals surface area contributed by atoms with Crippen molar-refractivity contribution in [1.29, 1.82) is 0 Å². The maximum atomic E-state index is 11.8. The molecule has 162 valence electrons. The van der Waals surface area contributed by atoms with Crippen LogP contribution >= 0.6 is 0 Å². The number of ether oxygens (including phenoxy) is 1. The molecule has 0 unspecified atom stereocenters. The lowest BCUT2D eigenvalue weighted by molar-refractivity contribution is 0.0963. The van der Waals surface area contributed by atoms with Gasteiger partial charge >= 0.3 is 6.09 Å². The first-order chi connectivity index (χ1) is 14.2. The number of aliphatic imine (C=N–C) groups is 1. The van der Waals surface area contributed by atoms with Crippen molar-refractivity contribution in [3.63, 3.8) is 0 Å². The average molecular weight is 406 g/mol. The van der Waals surface area contributed by atoms with E-state index in [1.165, 1.54) is 19.3 Å². The summed E-state index contributed by atoms with van der Waals surface area (Å²) in [6.45, 7) is 8.26. The van der Waals surface area contributed by atoms with Crippen molar-refractivity contribution in [2.45, 2.75) is 71.4 Å². The van der Waals surface area contributed by atoms with Crippen LogP contribution in [0.15, 0.2) is 4.99 Å². The highest BCUT2D eigenvalue weighted by Gasteiger charge is 2.24. The van der Waals surface area contributed by atoms with E-state index < -0.39 is 0 Å². The minimum atomic E-state index is -0.209. The molecule has 3 heterocycles. The van der Waals surface area contributed by atoms with Crippen LogP contribution < -0.4 is 10.6 Å². The Hall–Kier alpha value is -2.32. The number of guanidine groups is 1. The maximum Gasteiger partial charge on any atom is 0.409 e. The molecule has 0 bridgehead atoms. The molecule has 0 atom stereocenters. The zero-order chi connectivity index (χ0) is 20.5. The lowest BCUT2D eigenvalue weighted by Crippen LogP contribution is -2.50. The van der Waals surface area contributed by atoms with E-state index in [1.54, 1.807) is 4.90 Å². The van der Waals surface area contributed by atoms with Gasteiger partial charge in [-0.1, -0.05) is 6.42 Å². The fraction of sp³-hybridized carbons (Fsp3) is 0.800. The van der Waals surface area contributed by atoms with Gasteiger partial charge in [0.1, 0.15) is 11.6 Å². The van der Waals surface area contributed by atoms with Crippen molar-refractivity contribution < 1.29 is 9.53 Å². The fourth-order valence-corrected chi connectivity index (χ4v) is 3.93. The van der Waals surface area contributed by atoms with Crippen molar-refractivity contribution in [2.24, 2.45) is 4.99 Å². The monoisotopic (exact) mass is 405 g/mol. The summed E-state index contributed by atoms with van der Waals surface area (Å²) in [5.74, 6) is 3.00. The summed E-state index contributed by atoms with van der Waals surface area (Å²) in [6, 6.07) is 0.308. The van der Waals surface area contributed by atoms with E-state index in [1.807, 2.05) is 6.92 Å². The van der Waals surface area contributed by atoms with Crippen LogP contribution in [0.25, 0.3) is 0 Å². The Bertz CT molecular complexity index is 680. The second kappa shape index (κ2) is 11.0. The summed E-state index contributed by atoms with van der Waals surface area (Å²) in [7, 11) is 0. The second-order valence-electron chi connectivity index (χ2n) is 7.61. The van der Waals surface area contributed by atoms with Crippen LogP contribution in [0.2, 0.25) is 0 Å². The Morgan fingerprint density at radius 3 is 2.76 bits per heavy atom. The Kier molecular flexibility index (Phi) is 8.13. The quantitative estimate of drug-likeness (QED) is 0.553. The molecule has 1 aromatic heterocycles. The summed E-state index contributed by atoms with van der Waals surface area (Å²) in [5.41, 5.74) is 0. The first-order valence-corrected chi connectivity index (χ1v) is 11.1. The van der Waals surface area contributed by atoms with Gasteiger partial charge in [0.25, 0.3) is 0 Å². The Morgan fingerprint density at radius 2 is 2.00 bits per heavy atom. The largest absolute Gasteiger partial charge is 0.450 e. The van der Waals surface area contributed by atoms with Crippen molar-refractivity contribution in [3.05, 3.63) is 11.6 Å². The van der Waals surface area contributed by atoms with Gasteiger partial charge in [0.15, 0.2) is 5.96 Å². The van der Waals surface area contributed by atoms with E-state index in [0.29, 0.717) is 32.3 Å². The second-order valence-corrected chi connectivity index (χ2v) is 7.61.